The second-order valence-electron chi connectivity index (χ2n) is 11.2. The minimum atomic E-state index is -2.95. The number of benzene rings is 2. The van der Waals surface area contributed by atoms with Crippen molar-refractivity contribution in [3.8, 4) is 5.75 Å². The Morgan fingerprint density at radius 1 is 1.05 bits per heavy atom. The summed E-state index contributed by atoms with van der Waals surface area (Å²) in [7, 11) is 3.02. The van der Waals surface area contributed by atoms with Crippen molar-refractivity contribution in [2.24, 2.45) is 23.5 Å². The quantitative estimate of drug-likeness (QED) is 0.169. The highest BCUT2D eigenvalue weighted by Gasteiger charge is 2.70. The Hall–Kier alpha value is -3.61. The van der Waals surface area contributed by atoms with E-state index in [4.69, 9.17) is 5.73 Å². The summed E-state index contributed by atoms with van der Waals surface area (Å²) in [5.74, 6) is -9.37. The number of fused-ring (bicyclic) bond motifs is 3. The second kappa shape index (κ2) is 10.7. The maximum absolute atomic E-state index is 13.9. The highest BCUT2D eigenvalue weighted by Crippen LogP contribution is 2.53. The number of hydrogen-bond donors (Lipinski definition) is 7. The molecule has 3 aliphatic rings. The first-order valence-electron chi connectivity index (χ1n) is 13.4. The van der Waals surface area contributed by atoms with Crippen molar-refractivity contribution >= 4 is 23.2 Å². The van der Waals surface area contributed by atoms with Crippen LogP contribution in [-0.4, -0.2) is 92.4 Å². The monoisotopic (exact) mass is 564 g/mol. The molecule has 0 spiro atoms. The average molecular weight is 565 g/mol. The topological polar surface area (TPSA) is 194 Å². The summed E-state index contributed by atoms with van der Waals surface area (Å²) in [6.45, 7) is 0.866. The lowest BCUT2D eigenvalue weighted by Gasteiger charge is -2.55. The van der Waals surface area contributed by atoms with E-state index in [1.807, 2.05) is 30.3 Å². The van der Waals surface area contributed by atoms with Gasteiger partial charge in [0, 0.05) is 42.0 Å². The van der Waals surface area contributed by atoms with E-state index in [0.717, 1.165) is 12.0 Å². The second-order valence-corrected chi connectivity index (χ2v) is 11.2. The molecule has 0 bridgehead atoms. The van der Waals surface area contributed by atoms with Crippen LogP contribution in [0.3, 0.4) is 0 Å². The van der Waals surface area contributed by atoms with Crippen LogP contribution in [0.15, 0.2) is 48.0 Å². The molecule has 1 amide bonds. The van der Waals surface area contributed by atoms with Crippen molar-refractivity contribution in [2.75, 3.05) is 20.6 Å². The maximum Gasteiger partial charge on any atom is 0.230 e. The highest BCUT2D eigenvalue weighted by molar-refractivity contribution is 6.25. The number of carbonyl (C=O) groups is 3. The molecule has 0 aromatic heterocycles. The Bertz CT molecular complexity index is 1420. The lowest BCUT2D eigenvalue weighted by atomic mass is 9.53. The van der Waals surface area contributed by atoms with Gasteiger partial charge in [0.05, 0.1) is 17.8 Å². The third-order valence-electron chi connectivity index (χ3n) is 8.66. The number of hydrogen-bond acceptors (Lipinski definition) is 10. The van der Waals surface area contributed by atoms with Crippen LogP contribution in [0.25, 0.3) is 5.76 Å². The van der Waals surface area contributed by atoms with Crippen LogP contribution in [0.2, 0.25) is 0 Å². The van der Waals surface area contributed by atoms with E-state index < -0.39 is 70.4 Å². The van der Waals surface area contributed by atoms with E-state index in [9.17, 15) is 39.9 Å². The first-order chi connectivity index (χ1) is 19.4. The fourth-order valence-corrected chi connectivity index (χ4v) is 6.66. The lowest BCUT2D eigenvalue weighted by molar-refractivity contribution is -0.197. The van der Waals surface area contributed by atoms with Crippen LogP contribution in [0, 0.1) is 24.2 Å². The van der Waals surface area contributed by atoms with E-state index >= 15 is 0 Å². The molecular weight excluding hydrogens is 530 g/mol. The Balaban J connectivity index is 1.50. The summed E-state index contributed by atoms with van der Waals surface area (Å²) in [5.41, 5.74) is 3.83. The Kier molecular flexibility index (Phi) is 7.51. The van der Waals surface area contributed by atoms with Crippen molar-refractivity contribution in [1.29, 1.82) is 0 Å². The minimum absolute atomic E-state index is 0.0693. The van der Waals surface area contributed by atoms with E-state index in [1.54, 1.807) is 12.1 Å². The first-order valence-corrected chi connectivity index (χ1v) is 13.4. The molecule has 5 rings (SSSR count). The number of aromatic hydroxyl groups is 1. The number of likely N-dealkylation sites (N-methyl/N-ethyl adjacent to an activating group) is 1. The zero-order chi connectivity index (χ0) is 29.8. The van der Waals surface area contributed by atoms with Gasteiger partial charge in [0.2, 0.25) is 11.7 Å². The Morgan fingerprint density at radius 2 is 1.73 bits per heavy atom. The van der Waals surface area contributed by atoms with Crippen molar-refractivity contribution in [1.82, 2.24) is 10.2 Å². The molecular formula is C30H34N3O8. The number of nitrogens with one attached hydrogen (secondary N) is 1. The van der Waals surface area contributed by atoms with Gasteiger partial charge < -0.3 is 41.5 Å². The van der Waals surface area contributed by atoms with Gasteiger partial charge in [-0.25, -0.2) is 0 Å². The van der Waals surface area contributed by atoms with Crippen molar-refractivity contribution < 1.29 is 39.9 Å². The molecule has 11 heteroatoms. The molecule has 2 unspecified atom stereocenters. The molecule has 2 fully saturated rings. The zero-order valence-electron chi connectivity index (χ0n) is 22.7. The number of Topliss-reactive ketones (excluding diaryl/α,β-unsaturated/α-hetero) is 2. The van der Waals surface area contributed by atoms with Crippen LogP contribution in [0.1, 0.15) is 22.3 Å². The third-order valence-corrected chi connectivity index (χ3v) is 8.66. The zero-order valence-corrected chi connectivity index (χ0v) is 22.7. The number of rotatable bonds is 7. The number of phenolic OH excluding ortho intramolecular Hbond substituents is 1. The molecule has 41 heavy (non-hydrogen) atoms. The van der Waals surface area contributed by atoms with Gasteiger partial charge >= 0.3 is 0 Å². The SMILES string of the molecule is CN(C)[C@H]1C(O)C(C(N)=O)C(=O)[C@]2(O)C(=O)C3=C(O)c4c(ccc(CNCCc5ccccc5)c4O)[CH][C@@H]3[C@@H](O)[C@H]12. The van der Waals surface area contributed by atoms with Crippen LogP contribution in [0.5, 0.6) is 5.75 Å². The van der Waals surface area contributed by atoms with Crippen molar-refractivity contribution in [2.45, 2.75) is 36.8 Å². The highest BCUT2D eigenvalue weighted by atomic mass is 16.3. The van der Waals surface area contributed by atoms with Gasteiger partial charge in [0.25, 0.3) is 0 Å². The summed E-state index contributed by atoms with van der Waals surface area (Å²) in [6, 6.07) is 11.9. The van der Waals surface area contributed by atoms with E-state index in [-0.39, 0.29) is 17.9 Å². The molecule has 2 aromatic rings. The van der Waals surface area contributed by atoms with Crippen LogP contribution >= 0.6 is 0 Å². The van der Waals surface area contributed by atoms with E-state index in [1.165, 1.54) is 25.4 Å². The fraction of sp³-hybridized carbons (Fsp3) is 0.400. The predicted molar refractivity (Wildman–Crippen MR) is 147 cm³/mol. The number of nitrogens with zero attached hydrogens (tertiary/aromatic N) is 1. The van der Waals surface area contributed by atoms with Gasteiger partial charge in [-0.15, -0.1) is 0 Å². The number of amides is 1. The van der Waals surface area contributed by atoms with Gasteiger partial charge in [-0.3, -0.25) is 14.4 Å². The molecule has 0 saturated heterocycles. The normalized spacial score (nSPS) is 31.1. The van der Waals surface area contributed by atoms with E-state index in [2.05, 4.69) is 5.32 Å². The van der Waals surface area contributed by atoms with Crippen LogP contribution in [0.4, 0.5) is 0 Å². The summed E-state index contributed by atoms with van der Waals surface area (Å²) >= 11 is 0. The third kappa shape index (κ3) is 4.45. The molecule has 0 aliphatic heterocycles. The molecule has 7 atom stereocenters. The standard InChI is InChI=1S/C30H34N3O8/c1-33(2)22-21-24(35)17-12-15-8-9-16(13-32-11-10-14-6-4-3-5-7-14)23(34)18(15)25(36)19(17)27(38)30(21,41)28(39)20(26(22)37)29(31)40/h3-9,12,17,20-22,24,26,32,34-37,41H,10-11,13H2,1-2H3,(H2,31,40)/t17-,20?,21-,22+,24+,26?,30+/m0/s1. The molecule has 8 N–H and O–H groups in total. The van der Waals surface area contributed by atoms with Crippen LogP contribution < -0.4 is 11.1 Å². The summed E-state index contributed by atoms with van der Waals surface area (Å²) in [5, 5.41) is 59.8. The lowest BCUT2D eigenvalue weighted by Crippen LogP contribution is -2.76. The van der Waals surface area contributed by atoms with Gasteiger partial charge in [-0.1, -0.05) is 42.5 Å². The largest absolute Gasteiger partial charge is 0.507 e. The average Bonchev–Trinajstić information content (AvgIpc) is 2.92. The number of ketones is 2. The van der Waals surface area contributed by atoms with Gasteiger partial charge in [0.1, 0.15) is 17.4 Å². The fourth-order valence-electron chi connectivity index (χ4n) is 6.66. The number of phenols is 1. The van der Waals surface area contributed by atoms with E-state index in [0.29, 0.717) is 17.7 Å². The van der Waals surface area contributed by atoms with Gasteiger partial charge in [0.15, 0.2) is 11.4 Å². The number of primary amides is 1. The van der Waals surface area contributed by atoms with Crippen LogP contribution in [-0.2, 0) is 27.3 Å². The molecule has 2 aromatic carbocycles. The van der Waals surface area contributed by atoms with Crippen molar-refractivity contribution in [3.05, 3.63) is 76.7 Å². The Labute approximate surface area is 236 Å². The summed E-state index contributed by atoms with van der Waals surface area (Å²) < 4.78 is 0. The molecule has 3 aliphatic carbocycles. The number of aliphatic hydroxyl groups is 4. The Morgan fingerprint density at radius 3 is 2.37 bits per heavy atom. The molecule has 217 valence electrons. The smallest absolute Gasteiger partial charge is 0.230 e. The molecule has 1 radical (unpaired) electrons. The van der Waals surface area contributed by atoms with Gasteiger partial charge in [-0.05, 0) is 38.2 Å². The predicted octanol–water partition coefficient (Wildman–Crippen LogP) is -0.558. The molecule has 0 heterocycles. The molecule has 2 saturated carbocycles. The molecule has 11 nitrogen and oxygen atoms in total. The number of nitrogens with two attached hydrogens (primary N) is 1. The number of aliphatic hydroxyl groups excluding tert-OH is 3. The minimum Gasteiger partial charge on any atom is -0.507 e. The van der Waals surface area contributed by atoms with Gasteiger partial charge in [-0.2, -0.15) is 0 Å². The van der Waals surface area contributed by atoms with Crippen molar-refractivity contribution in [3.63, 3.8) is 0 Å². The first kappa shape index (κ1) is 28.9. The summed E-state index contributed by atoms with van der Waals surface area (Å²) in [6.07, 6.45) is -1.07. The number of carbonyl (C=O) groups excluding carboxylic acids is 3. The maximum atomic E-state index is 13.9. The summed E-state index contributed by atoms with van der Waals surface area (Å²) in [4.78, 5) is 40.9.